The van der Waals surface area contributed by atoms with Crippen molar-refractivity contribution < 1.29 is 4.79 Å². The topological polar surface area (TPSA) is 48.5 Å². The van der Waals surface area contributed by atoms with E-state index in [-0.39, 0.29) is 12.1 Å². The fourth-order valence-corrected chi connectivity index (χ4v) is 3.86. The standard InChI is InChI=1S/C14H19ClN4OS/c15-12-2-1-4-16-13(12)19-5-3-11(10-19)17-14(20)18-6-8-21-9-7-18/h1-2,4,11H,3,5-10H2,(H,17,20)/t11-/m0/s1. The molecule has 114 valence electrons. The van der Waals surface area contributed by atoms with Crippen LogP contribution in [0, 0.1) is 0 Å². The Morgan fingerprint density at radius 1 is 1.38 bits per heavy atom. The number of nitrogens with one attached hydrogen (secondary N) is 1. The first-order valence-corrected chi connectivity index (χ1v) is 8.76. The van der Waals surface area contributed by atoms with Crippen molar-refractivity contribution in [2.45, 2.75) is 12.5 Å². The number of amides is 2. The fraction of sp³-hybridized carbons (Fsp3) is 0.571. The monoisotopic (exact) mass is 326 g/mol. The molecule has 3 heterocycles. The van der Waals surface area contributed by atoms with E-state index >= 15 is 0 Å². The number of hydrogen-bond acceptors (Lipinski definition) is 4. The lowest BCUT2D eigenvalue weighted by atomic mass is 10.3. The summed E-state index contributed by atoms with van der Waals surface area (Å²) >= 11 is 8.08. The minimum absolute atomic E-state index is 0.0641. The van der Waals surface area contributed by atoms with Gasteiger partial charge in [0.2, 0.25) is 0 Å². The van der Waals surface area contributed by atoms with Crippen LogP contribution in [0.3, 0.4) is 0 Å². The molecule has 1 aromatic heterocycles. The van der Waals surface area contributed by atoms with Crippen LogP contribution in [0.1, 0.15) is 6.42 Å². The van der Waals surface area contributed by atoms with Crippen LogP contribution in [0.25, 0.3) is 0 Å². The molecule has 0 aliphatic carbocycles. The van der Waals surface area contributed by atoms with Crippen LogP contribution in [-0.4, -0.2) is 59.6 Å². The Morgan fingerprint density at radius 2 is 2.19 bits per heavy atom. The first kappa shape index (κ1) is 14.8. The molecular formula is C14H19ClN4OS. The van der Waals surface area contributed by atoms with E-state index in [9.17, 15) is 4.79 Å². The smallest absolute Gasteiger partial charge is 0.317 e. The molecule has 2 saturated heterocycles. The van der Waals surface area contributed by atoms with Gasteiger partial charge in [0.15, 0.2) is 0 Å². The highest BCUT2D eigenvalue weighted by atomic mass is 35.5. The number of aromatic nitrogens is 1. The third-order valence-corrected chi connectivity index (χ3v) is 5.09. The Balaban J connectivity index is 1.55. The van der Waals surface area contributed by atoms with Crippen LogP contribution in [0.15, 0.2) is 18.3 Å². The highest BCUT2D eigenvalue weighted by molar-refractivity contribution is 7.99. The zero-order valence-electron chi connectivity index (χ0n) is 11.8. The molecule has 0 radical (unpaired) electrons. The molecule has 3 rings (SSSR count). The van der Waals surface area contributed by atoms with Crippen molar-refractivity contribution in [2.75, 3.05) is 42.6 Å². The summed E-state index contributed by atoms with van der Waals surface area (Å²) in [7, 11) is 0. The molecule has 2 fully saturated rings. The van der Waals surface area contributed by atoms with E-state index in [0.717, 1.165) is 49.9 Å². The van der Waals surface area contributed by atoms with Gasteiger partial charge >= 0.3 is 6.03 Å². The van der Waals surface area contributed by atoms with Crippen molar-refractivity contribution in [1.29, 1.82) is 0 Å². The molecule has 0 saturated carbocycles. The minimum Gasteiger partial charge on any atom is -0.353 e. The maximum atomic E-state index is 12.2. The van der Waals surface area contributed by atoms with E-state index in [4.69, 9.17) is 11.6 Å². The largest absolute Gasteiger partial charge is 0.353 e. The van der Waals surface area contributed by atoms with Crippen LogP contribution >= 0.6 is 23.4 Å². The highest BCUT2D eigenvalue weighted by Crippen LogP contribution is 2.25. The zero-order chi connectivity index (χ0) is 14.7. The van der Waals surface area contributed by atoms with Crippen LogP contribution in [0.2, 0.25) is 5.02 Å². The van der Waals surface area contributed by atoms with Gasteiger partial charge in [-0.25, -0.2) is 9.78 Å². The molecule has 1 aromatic rings. The lowest BCUT2D eigenvalue weighted by molar-refractivity contribution is 0.199. The third-order valence-electron chi connectivity index (χ3n) is 3.85. The van der Waals surface area contributed by atoms with Gasteiger partial charge in [0.1, 0.15) is 5.82 Å². The molecule has 7 heteroatoms. The van der Waals surface area contributed by atoms with E-state index in [1.165, 1.54) is 0 Å². The van der Waals surface area contributed by atoms with Crippen molar-refractivity contribution in [3.8, 4) is 0 Å². The summed E-state index contributed by atoms with van der Waals surface area (Å²) in [6, 6.07) is 3.91. The average molecular weight is 327 g/mol. The van der Waals surface area contributed by atoms with Gasteiger partial charge in [-0.05, 0) is 18.6 Å². The second-order valence-corrected chi connectivity index (χ2v) is 6.92. The lowest BCUT2D eigenvalue weighted by Gasteiger charge is -2.28. The second kappa shape index (κ2) is 6.75. The van der Waals surface area contributed by atoms with Crippen molar-refractivity contribution in [3.05, 3.63) is 23.4 Å². The average Bonchev–Trinajstić information content (AvgIpc) is 2.97. The maximum absolute atomic E-state index is 12.2. The van der Waals surface area contributed by atoms with Gasteiger partial charge in [-0.15, -0.1) is 0 Å². The van der Waals surface area contributed by atoms with Crippen molar-refractivity contribution in [2.24, 2.45) is 0 Å². The Labute approximate surface area is 134 Å². The Morgan fingerprint density at radius 3 is 2.95 bits per heavy atom. The number of pyridine rings is 1. The van der Waals surface area contributed by atoms with Crippen molar-refractivity contribution >= 4 is 35.2 Å². The van der Waals surface area contributed by atoms with Gasteiger partial charge in [-0.2, -0.15) is 11.8 Å². The first-order chi connectivity index (χ1) is 10.2. The van der Waals surface area contributed by atoms with Gasteiger partial charge in [0.25, 0.3) is 0 Å². The van der Waals surface area contributed by atoms with Crippen molar-refractivity contribution in [1.82, 2.24) is 15.2 Å². The second-order valence-electron chi connectivity index (χ2n) is 5.29. The fourth-order valence-electron chi connectivity index (χ4n) is 2.71. The van der Waals surface area contributed by atoms with E-state index in [1.807, 2.05) is 28.8 Å². The number of carbonyl (C=O) groups excluding carboxylic acids is 1. The van der Waals surface area contributed by atoms with Gasteiger partial charge < -0.3 is 15.1 Å². The van der Waals surface area contributed by atoms with E-state index in [2.05, 4.69) is 15.2 Å². The molecular weight excluding hydrogens is 308 g/mol. The van der Waals surface area contributed by atoms with Gasteiger partial charge in [-0.3, -0.25) is 0 Å². The predicted octanol–water partition coefficient (Wildman–Crippen LogP) is 2.07. The number of rotatable bonds is 2. The van der Waals surface area contributed by atoms with Gasteiger partial charge in [0.05, 0.1) is 5.02 Å². The van der Waals surface area contributed by atoms with Crippen LogP contribution in [0.4, 0.5) is 10.6 Å². The van der Waals surface area contributed by atoms with Gasteiger partial charge in [0, 0.05) is 49.9 Å². The molecule has 0 bridgehead atoms. The molecule has 2 amide bonds. The lowest BCUT2D eigenvalue weighted by Crippen LogP contribution is -2.48. The summed E-state index contributed by atoms with van der Waals surface area (Å²) in [5.41, 5.74) is 0. The maximum Gasteiger partial charge on any atom is 0.317 e. The van der Waals surface area contributed by atoms with E-state index in [0.29, 0.717) is 5.02 Å². The number of anilines is 1. The summed E-state index contributed by atoms with van der Waals surface area (Å²) in [6.45, 7) is 3.33. The summed E-state index contributed by atoms with van der Waals surface area (Å²) < 4.78 is 0. The third kappa shape index (κ3) is 3.55. The Kier molecular flexibility index (Phi) is 4.75. The quantitative estimate of drug-likeness (QED) is 0.904. The molecule has 5 nitrogen and oxygen atoms in total. The number of hydrogen-bond donors (Lipinski definition) is 1. The summed E-state index contributed by atoms with van der Waals surface area (Å²) in [5, 5.41) is 3.80. The molecule has 2 aliphatic heterocycles. The Hall–Kier alpha value is -1.14. The molecule has 0 spiro atoms. The number of thioether (sulfide) groups is 1. The summed E-state index contributed by atoms with van der Waals surface area (Å²) in [4.78, 5) is 20.6. The number of urea groups is 1. The van der Waals surface area contributed by atoms with Crippen LogP contribution in [-0.2, 0) is 0 Å². The van der Waals surface area contributed by atoms with E-state index < -0.39 is 0 Å². The Bertz CT molecular complexity index is 510. The molecule has 1 atom stereocenters. The number of nitrogens with zero attached hydrogens (tertiary/aromatic N) is 3. The summed E-state index contributed by atoms with van der Waals surface area (Å²) in [6.07, 6.45) is 2.68. The van der Waals surface area contributed by atoms with E-state index in [1.54, 1.807) is 6.20 Å². The SMILES string of the molecule is O=C(N[C@H]1CCN(c2ncccc2Cl)C1)N1CCSCC1. The molecule has 2 aliphatic rings. The molecule has 1 N–H and O–H groups in total. The molecule has 0 unspecified atom stereocenters. The van der Waals surface area contributed by atoms with Crippen molar-refractivity contribution in [3.63, 3.8) is 0 Å². The number of halogens is 1. The number of carbonyl (C=O) groups is 1. The minimum atomic E-state index is 0.0641. The predicted molar refractivity (Wildman–Crippen MR) is 87.3 cm³/mol. The summed E-state index contributed by atoms with van der Waals surface area (Å²) in [5.74, 6) is 2.88. The van der Waals surface area contributed by atoms with Crippen LogP contribution in [0.5, 0.6) is 0 Å². The first-order valence-electron chi connectivity index (χ1n) is 7.22. The van der Waals surface area contributed by atoms with Crippen LogP contribution < -0.4 is 10.2 Å². The zero-order valence-corrected chi connectivity index (χ0v) is 13.4. The van der Waals surface area contributed by atoms with Gasteiger partial charge in [-0.1, -0.05) is 11.6 Å². The molecule has 0 aromatic carbocycles. The highest BCUT2D eigenvalue weighted by Gasteiger charge is 2.27. The molecule has 21 heavy (non-hydrogen) atoms. The normalized spacial score (nSPS) is 22.4.